The van der Waals surface area contributed by atoms with Gasteiger partial charge in [-0.15, -0.1) is 0 Å². The maximum atomic E-state index is 13.5. The smallest absolute Gasteiger partial charge is 0.241 e. The summed E-state index contributed by atoms with van der Waals surface area (Å²) >= 11 is 0. The topological polar surface area (TPSA) is 160 Å². The van der Waals surface area contributed by atoms with Crippen molar-refractivity contribution in [3.8, 4) is 0 Å². The van der Waals surface area contributed by atoms with Crippen molar-refractivity contribution in [1.82, 2.24) is 20.0 Å². The molecule has 0 spiro atoms. The molecule has 0 bridgehead atoms. The quantitative estimate of drug-likeness (QED) is 0.0575. The predicted octanol–water partition coefficient (Wildman–Crippen LogP) is 4.97. The lowest BCUT2D eigenvalue weighted by atomic mass is 10.0. The summed E-state index contributed by atoms with van der Waals surface area (Å²) in [7, 11) is 1.85. The average molecular weight is 683 g/mol. The van der Waals surface area contributed by atoms with E-state index in [1.807, 2.05) is 7.05 Å². The van der Waals surface area contributed by atoms with Gasteiger partial charge in [0.2, 0.25) is 11.8 Å². The molecule has 1 atom stereocenters. The van der Waals surface area contributed by atoms with Gasteiger partial charge in [-0.1, -0.05) is 103 Å². The molecule has 10 nitrogen and oxygen atoms in total. The molecular formula is C38H82N8O2. The minimum Gasteiger partial charge on any atom is -0.346 e. The number of carbonyl (C=O) groups excluding carboxylic acids is 2. The molecule has 0 heterocycles. The fraction of sp³-hybridized carbons (Fsp3) is 0.947. The van der Waals surface area contributed by atoms with Crippen molar-refractivity contribution < 1.29 is 9.59 Å². The number of amides is 2. The molecule has 0 unspecified atom stereocenters. The van der Waals surface area contributed by atoms with Crippen LogP contribution in [0.25, 0.3) is 0 Å². The van der Waals surface area contributed by atoms with Crippen LogP contribution in [-0.2, 0) is 9.59 Å². The largest absolute Gasteiger partial charge is 0.346 e. The monoisotopic (exact) mass is 683 g/mol. The molecule has 286 valence electrons. The van der Waals surface area contributed by atoms with Crippen molar-refractivity contribution >= 4 is 11.8 Å². The van der Waals surface area contributed by atoms with E-state index >= 15 is 0 Å². The Morgan fingerprint density at radius 3 is 1.35 bits per heavy atom. The summed E-state index contributed by atoms with van der Waals surface area (Å²) in [6, 6.07) is -0.313. The van der Waals surface area contributed by atoms with Crippen molar-refractivity contribution in [3.63, 3.8) is 0 Å². The van der Waals surface area contributed by atoms with Gasteiger partial charge in [-0.3, -0.25) is 14.5 Å². The van der Waals surface area contributed by atoms with E-state index in [1.54, 1.807) is 4.90 Å². The van der Waals surface area contributed by atoms with Gasteiger partial charge in [0, 0.05) is 26.7 Å². The molecule has 0 aromatic heterocycles. The Labute approximate surface area is 297 Å². The summed E-state index contributed by atoms with van der Waals surface area (Å²) in [6.07, 6.45) is 26.5. The van der Waals surface area contributed by atoms with Crippen molar-refractivity contribution in [1.29, 1.82) is 0 Å². The van der Waals surface area contributed by atoms with Crippen LogP contribution in [0.15, 0.2) is 0 Å². The second-order valence-electron chi connectivity index (χ2n) is 13.9. The number of carbonyl (C=O) groups is 2. The number of nitrogens with one attached hydrogen (secondary N) is 1. The molecule has 0 aromatic rings. The summed E-state index contributed by atoms with van der Waals surface area (Å²) in [6.45, 7) is 9.78. The third-order valence-electron chi connectivity index (χ3n) is 9.54. The number of likely N-dealkylation sites (N-methyl/N-ethyl adjacent to an activating group) is 1. The molecule has 0 saturated carbocycles. The summed E-state index contributed by atoms with van der Waals surface area (Å²) in [4.78, 5) is 32.8. The van der Waals surface area contributed by atoms with Gasteiger partial charge in [-0.2, -0.15) is 0 Å². The molecule has 0 aliphatic rings. The lowest BCUT2D eigenvalue weighted by Gasteiger charge is -2.32. The third kappa shape index (κ3) is 27.5. The maximum Gasteiger partial charge on any atom is 0.241 e. The third-order valence-corrected chi connectivity index (χ3v) is 9.54. The Morgan fingerprint density at radius 2 is 0.917 bits per heavy atom. The van der Waals surface area contributed by atoms with Crippen molar-refractivity contribution in [2.75, 3.05) is 79.0 Å². The number of nitrogens with zero attached hydrogens (tertiary/aromatic N) is 3. The molecule has 0 fully saturated rings. The van der Waals surface area contributed by atoms with Crippen LogP contribution < -0.4 is 28.3 Å². The lowest BCUT2D eigenvalue weighted by Crippen LogP contribution is -2.50. The first-order valence-electron chi connectivity index (χ1n) is 20.2. The molecule has 0 aliphatic carbocycles. The van der Waals surface area contributed by atoms with Crippen LogP contribution >= 0.6 is 0 Å². The Kier molecular flexibility index (Phi) is 34.6. The number of hydrogen-bond donors (Lipinski definition) is 5. The number of unbranched alkanes of at least 4 members (excludes halogenated alkanes) is 15. The van der Waals surface area contributed by atoms with Gasteiger partial charge < -0.3 is 38.1 Å². The van der Waals surface area contributed by atoms with Crippen LogP contribution in [-0.4, -0.2) is 112 Å². The summed E-state index contributed by atoms with van der Waals surface area (Å²) in [5.74, 6) is -0.114. The Balaban J connectivity index is 4.48. The maximum absolute atomic E-state index is 13.5. The van der Waals surface area contributed by atoms with Gasteiger partial charge in [-0.05, 0) is 90.8 Å². The molecule has 0 radical (unpaired) electrons. The first-order valence-corrected chi connectivity index (χ1v) is 20.2. The van der Waals surface area contributed by atoms with E-state index in [-0.39, 0.29) is 24.4 Å². The van der Waals surface area contributed by atoms with E-state index in [0.717, 1.165) is 84.2 Å². The molecule has 10 heteroatoms. The number of nitrogens with two attached hydrogens (primary N) is 4. The van der Waals surface area contributed by atoms with Gasteiger partial charge in [-0.25, -0.2) is 0 Å². The molecule has 48 heavy (non-hydrogen) atoms. The van der Waals surface area contributed by atoms with Crippen LogP contribution in [0.1, 0.15) is 148 Å². The Morgan fingerprint density at radius 1 is 0.521 bits per heavy atom. The summed E-state index contributed by atoms with van der Waals surface area (Å²) < 4.78 is 0. The van der Waals surface area contributed by atoms with Gasteiger partial charge >= 0.3 is 0 Å². The average Bonchev–Trinajstić information content (AvgIpc) is 3.09. The molecule has 9 N–H and O–H groups in total. The fourth-order valence-corrected chi connectivity index (χ4v) is 6.40. The molecular weight excluding hydrogens is 600 g/mol. The first kappa shape index (κ1) is 46.7. The van der Waals surface area contributed by atoms with E-state index < -0.39 is 0 Å². The predicted molar refractivity (Wildman–Crippen MR) is 206 cm³/mol. The Bertz CT molecular complexity index is 698. The summed E-state index contributed by atoms with van der Waals surface area (Å²) in [5, 5.41) is 2.98. The Hall–Kier alpha value is -1.30. The van der Waals surface area contributed by atoms with E-state index in [1.165, 1.54) is 89.9 Å². The van der Waals surface area contributed by atoms with Crippen LogP contribution in [0.5, 0.6) is 0 Å². The van der Waals surface area contributed by atoms with E-state index in [2.05, 4.69) is 22.0 Å². The van der Waals surface area contributed by atoms with E-state index in [0.29, 0.717) is 32.6 Å². The van der Waals surface area contributed by atoms with Crippen LogP contribution in [0, 0.1) is 0 Å². The zero-order valence-electron chi connectivity index (χ0n) is 31.9. The van der Waals surface area contributed by atoms with E-state index in [4.69, 9.17) is 22.9 Å². The van der Waals surface area contributed by atoms with Crippen LogP contribution in [0.2, 0.25) is 0 Å². The fourth-order valence-electron chi connectivity index (χ4n) is 6.40. The van der Waals surface area contributed by atoms with Gasteiger partial charge in [0.25, 0.3) is 0 Å². The lowest BCUT2D eigenvalue weighted by molar-refractivity contribution is -0.133. The second kappa shape index (κ2) is 35.5. The molecule has 0 rings (SSSR count). The van der Waals surface area contributed by atoms with Crippen molar-refractivity contribution in [2.45, 2.75) is 154 Å². The number of rotatable bonds is 37. The van der Waals surface area contributed by atoms with Crippen molar-refractivity contribution in [3.05, 3.63) is 0 Å². The van der Waals surface area contributed by atoms with Gasteiger partial charge in [0.15, 0.2) is 0 Å². The van der Waals surface area contributed by atoms with Gasteiger partial charge in [0.1, 0.15) is 0 Å². The standard InChI is InChI=1S/C38H82N8O2/c1-3-4-5-6-7-8-9-10-11-12-13-14-15-16-17-18-29-44(2)37(47)35-43-38(48)36(46(33-22-27-41)34-23-28-42)24-19-30-45(31-20-25-39)32-21-26-40/h36H,3-35,39-42H2,1-2H3,(H,43,48)/t36-/m0/s1. The van der Waals surface area contributed by atoms with E-state index in [9.17, 15) is 9.59 Å². The highest BCUT2D eigenvalue weighted by molar-refractivity contribution is 5.87. The highest BCUT2D eigenvalue weighted by atomic mass is 16.2. The molecule has 0 aromatic carbocycles. The molecule has 0 saturated heterocycles. The minimum absolute atomic E-state index is 0.0332. The second-order valence-corrected chi connectivity index (χ2v) is 13.9. The number of hydrogen-bond acceptors (Lipinski definition) is 8. The zero-order chi connectivity index (χ0) is 35.5. The minimum atomic E-state index is -0.313. The van der Waals surface area contributed by atoms with Crippen LogP contribution in [0.3, 0.4) is 0 Å². The highest BCUT2D eigenvalue weighted by Crippen LogP contribution is 2.14. The van der Waals surface area contributed by atoms with Gasteiger partial charge in [0.05, 0.1) is 12.6 Å². The molecule has 0 aliphatic heterocycles. The van der Waals surface area contributed by atoms with Crippen LogP contribution in [0.4, 0.5) is 0 Å². The normalized spacial score (nSPS) is 12.2. The first-order chi connectivity index (χ1) is 23.4. The molecule has 2 amide bonds. The van der Waals surface area contributed by atoms with Crippen molar-refractivity contribution in [2.24, 2.45) is 22.9 Å². The zero-order valence-corrected chi connectivity index (χ0v) is 31.9. The summed E-state index contributed by atoms with van der Waals surface area (Å²) in [5.41, 5.74) is 23.2. The highest BCUT2D eigenvalue weighted by Gasteiger charge is 2.26. The SMILES string of the molecule is CCCCCCCCCCCCCCCCCCN(C)C(=O)CNC(=O)[C@H](CCCN(CCCN)CCCN)N(CCCN)CCCN.